The first-order chi connectivity index (χ1) is 44.2. The molecule has 3 aliphatic rings. The van der Waals surface area contributed by atoms with Gasteiger partial charge in [-0.15, -0.1) is 0 Å². The molecule has 0 amide bonds. The maximum Gasteiger partial charge on any atom is 0.490 e. The third-order valence-electron chi connectivity index (χ3n) is 15.6. The van der Waals surface area contributed by atoms with E-state index in [-0.39, 0.29) is 70.3 Å². The van der Waals surface area contributed by atoms with Gasteiger partial charge in [-0.2, -0.15) is 8.62 Å². The fourth-order valence-electron chi connectivity index (χ4n) is 9.60. The van der Waals surface area contributed by atoms with Gasteiger partial charge in [0.1, 0.15) is 30.9 Å². The van der Waals surface area contributed by atoms with Gasteiger partial charge in [0.05, 0.1) is 95.2 Å². The van der Waals surface area contributed by atoms with Crippen LogP contribution >= 0.6 is 39.4 Å². The van der Waals surface area contributed by atoms with Gasteiger partial charge in [0.25, 0.3) is 28.1 Å². The van der Waals surface area contributed by atoms with Crippen molar-refractivity contribution >= 4 is 59.1 Å². The highest BCUT2D eigenvalue weighted by molar-refractivity contribution is 9.08. The van der Waals surface area contributed by atoms with Gasteiger partial charge in [-0.1, -0.05) is 67.9 Å². The van der Waals surface area contributed by atoms with Crippen LogP contribution in [0.2, 0.25) is 18.1 Å². The highest BCUT2D eigenvalue weighted by Gasteiger charge is 2.46. The van der Waals surface area contributed by atoms with Gasteiger partial charge in [0.2, 0.25) is 0 Å². The van der Waals surface area contributed by atoms with Crippen molar-refractivity contribution in [2.75, 3.05) is 13.2 Å². The Balaban J connectivity index is 0.000000234. The standard InChI is InChI=1S/C18H24N3O17P3.C18H21N3O8.C17H29BrN2O4Si/c1-10(12-4-2-3-5-13(12)21(25)26)34-8-11-7-20(18(24)19-17(11)23)16-6-14(22)15(36-16)9-35-40(30,31)38-41(32,33)37-39(27,28)29;1-10(12-4-2-3-5-13(12)21(26)27)28-9-11-7-20(18(25)19-17(11)24)16-6-14(23)15(8-22)29-16;1-7-12-13(24-25(5,6)17(2,3)4)8-14(23-12)20-10-11(9-18)15(21)19-16(20)22/h2-5,7,10,14-16,22H,6,8-9H2,1H3,(H,30,31)(H,32,33)(H,19,23,24)(H2,27,28,29);2-5,7,10,14-16,22-23H,6,8-9H2,1H3,(H,19,24,25);10,12-14H,7-9H2,1-6H3,(H,19,21,22)/t2*10?,14-,15-,16-;12-,13-,14-/m111/s1. The molecule has 0 radical (unpaired) electrons. The molecule has 6 heterocycles. The number of aromatic amines is 3. The van der Waals surface area contributed by atoms with Gasteiger partial charge in [0.15, 0.2) is 8.32 Å². The summed E-state index contributed by atoms with van der Waals surface area (Å²) in [4.78, 5) is 137. The van der Waals surface area contributed by atoms with E-state index >= 15 is 0 Å². The average molecular weight is 1490 g/mol. The van der Waals surface area contributed by atoms with E-state index in [4.69, 9.17) is 37.9 Å². The lowest BCUT2D eigenvalue weighted by atomic mass is 10.1. The topological polar surface area (TPSA) is 527 Å². The lowest BCUT2D eigenvalue weighted by Gasteiger charge is -2.39. The van der Waals surface area contributed by atoms with E-state index < -0.39 is 145 Å². The summed E-state index contributed by atoms with van der Waals surface area (Å²) < 4.78 is 84.0. The molecule has 0 saturated carbocycles. The molecule has 0 aliphatic carbocycles. The van der Waals surface area contributed by atoms with Crippen LogP contribution in [0.25, 0.3) is 0 Å². The number of ether oxygens (including phenoxy) is 5. The van der Waals surface area contributed by atoms with E-state index in [1.54, 1.807) is 37.4 Å². The number of hydrogen-bond donors (Lipinski definition) is 10. The molecule has 13 atom stereocenters. The maximum atomic E-state index is 12.4. The van der Waals surface area contributed by atoms with E-state index in [1.807, 2.05) is 4.98 Å². The predicted molar refractivity (Wildman–Crippen MR) is 336 cm³/mol. The number of H-pyrrole nitrogens is 3. The number of phosphoric ester groups is 1. The van der Waals surface area contributed by atoms with Crippen LogP contribution < -0.4 is 33.7 Å². The minimum absolute atomic E-state index is 0.0397. The minimum atomic E-state index is -5.76. The first-order valence-corrected chi connectivity index (χ1v) is 37.4. The van der Waals surface area contributed by atoms with Crippen molar-refractivity contribution < 1.29 is 99.7 Å². The Morgan fingerprint density at radius 2 is 1.05 bits per heavy atom. The van der Waals surface area contributed by atoms with Crippen molar-refractivity contribution in [1.29, 1.82) is 0 Å². The molecule has 526 valence electrons. The Labute approximate surface area is 547 Å². The SMILES string of the molecule is CC(OCc1cn([C@H]2C[C@@H](O)[C@@H](CO)O2)c(=O)[nH]c1=O)c1ccccc1[N+](=O)[O-].CC(OCc1cn([C@H]2C[C@@H](O)[C@@H](COP(=O)(O)OP(=O)(O)OP(=O)(O)O)O2)c(=O)[nH]c1=O)c1ccccc1[N+](=O)[O-].CC[C@H]1O[C@@H](n2cc(CBr)c(=O)[nH]c2=O)C[C@H]1O[Si](C)(C)C(C)(C)C. The zero-order valence-electron chi connectivity index (χ0n) is 52.1. The van der Waals surface area contributed by atoms with Crippen LogP contribution in [0.3, 0.4) is 0 Å². The zero-order valence-corrected chi connectivity index (χ0v) is 57.4. The highest BCUT2D eigenvalue weighted by atomic mass is 79.9. The lowest BCUT2D eigenvalue weighted by molar-refractivity contribution is -0.386. The molecule has 5 aromatic rings. The van der Waals surface area contributed by atoms with Crippen LogP contribution in [0, 0.1) is 20.2 Å². The van der Waals surface area contributed by atoms with Crippen LogP contribution in [0.5, 0.6) is 0 Å². The molecule has 42 heteroatoms. The van der Waals surface area contributed by atoms with Crippen LogP contribution in [-0.2, 0) is 73.5 Å². The van der Waals surface area contributed by atoms with E-state index in [2.05, 4.69) is 79.8 Å². The molecule has 10 N–H and O–H groups in total. The van der Waals surface area contributed by atoms with Gasteiger partial charge in [-0.05, 0) is 50.5 Å². The maximum absolute atomic E-state index is 12.4. The number of alkyl halides is 1. The number of hydrogen-bond acceptors (Lipinski definition) is 25. The zero-order chi connectivity index (χ0) is 70.9. The summed E-state index contributed by atoms with van der Waals surface area (Å²) in [7, 11) is -18.8. The van der Waals surface area contributed by atoms with Gasteiger partial charge in [-0.3, -0.25) is 67.8 Å². The van der Waals surface area contributed by atoms with Crippen molar-refractivity contribution in [3.63, 3.8) is 0 Å². The number of benzene rings is 2. The number of phosphoric acid groups is 3. The molecule has 95 heavy (non-hydrogen) atoms. The largest absolute Gasteiger partial charge is 0.490 e. The Kier molecular flexibility index (Phi) is 26.8. The number of aliphatic hydroxyl groups excluding tert-OH is 3. The number of nitro groups is 2. The fourth-order valence-corrected chi connectivity index (χ4v) is 14.4. The third-order valence-corrected chi connectivity index (χ3v) is 24.5. The molecule has 37 nitrogen and oxygen atoms in total. The molecule has 4 unspecified atom stereocenters. The summed E-state index contributed by atoms with van der Waals surface area (Å²) in [5.41, 5.74) is -3.15. The van der Waals surface area contributed by atoms with Gasteiger partial charge in [-0.25, -0.2) is 28.1 Å². The summed E-state index contributed by atoms with van der Waals surface area (Å²) in [5.74, 6) is 0. The molecule has 3 saturated heterocycles. The summed E-state index contributed by atoms with van der Waals surface area (Å²) in [6.45, 7) is 14.3. The van der Waals surface area contributed by atoms with Gasteiger partial charge < -0.3 is 63.0 Å². The summed E-state index contributed by atoms with van der Waals surface area (Å²) in [5, 5.41) is 52.3. The van der Waals surface area contributed by atoms with E-state index in [0.29, 0.717) is 22.9 Å². The highest BCUT2D eigenvalue weighted by Crippen LogP contribution is 2.66. The van der Waals surface area contributed by atoms with Crippen LogP contribution in [0.4, 0.5) is 11.4 Å². The number of halogens is 1. The van der Waals surface area contributed by atoms with Crippen molar-refractivity contribution in [3.05, 3.63) is 178 Å². The van der Waals surface area contributed by atoms with Crippen molar-refractivity contribution in [3.8, 4) is 0 Å². The van der Waals surface area contributed by atoms with E-state index in [1.165, 1.54) is 42.0 Å². The van der Waals surface area contributed by atoms with Crippen molar-refractivity contribution in [1.82, 2.24) is 28.7 Å². The molecule has 0 bridgehead atoms. The summed E-state index contributed by atoms with van der Waals surface area (Å²) >= 11 is 3.28. The number of aliphatic hydroxyl groups is 3. The van der Waals surface area contributed by atoms with E-state index in [0.717, 1.165) is 21.8 Å². The second-order valence-corrected chi connectivity index (χ2v) is 33.0. The molecular weight excluding hydrogens is 1410 g/mol. The molecule has 3 aliphatic heterocycles. The van der Waals surface area contributed by atoms with Gasteiger partial charge in [0, 0.05) is 60.9 Å². The Hall–Kier alpha value is -5.97. The molecule has 2 aromatic carbocycles. The summed E-state index contributed by atoms with van der Waals surface area (Å²) in [6, 6.07) is 11.9. The van der Waals surface area contributed by atoms with Crippen LogP contribution in [-0.4, -0.2) is 132 Å². The first-order valence-electron chi connectivity index (χ1n) is 28.9. The monoisotopic (exact) mass is 1490 g/mol. The second kappa shape index (κ2) is 32.6. The fraction of sp³-hybridized carbons (Fsp3) is 0.547. The number of nitrogens with zero attached hydrogens (tertiary/aromatic N) is 5. The quantitative estimate of drug-likeness (QED) is 0.0125. The minimum Gasteiger partial charge on any atom is -0.411 e. The molecule has 3 aromatic heterocycles. The third kappa shape index (κ3) is 21.0. The normalized spacial score (nSPS) is 23.3. The number of para-hydroxylation sites is 2. The second-order valence-electron chi connectivity index (χ2n) is 23.3. The van der Waals surface area contributed by atoms with Crippen LogP contribution in [0.15, 0.2) is 95.9 Å². The number of nitro benzene ring substituents is 2. The number of nitrogens with one attached hydrogen (secondary N) is 3. The molecule has 8 rings (SSSR count). The summed E-state index contributed by atoms with van der Waals surface area (Å²) in [6.07, 6.45) is -3.64. The number of aromatic nitrogens is 6. The van der Waals surface area contributed by atoms with Crippen LogP contribution in [0.1, 0.15) is 126 Å². The Bertz CT molecular complexity index is 4060. The smallest absolute Gasteiger partial charge is 0.411 e. The molecular formula is C53H74BrN8O29P3Si. The Morgan fingerprint density at radius 3 is 1.45 bits per heavy atom. The Morgan fingerprint density at radius 1 is 0.653 bits per heavy atom. The molecule has 3 fully saturated rings. The van der Waals surface area contributed by atoms with Crippen molar-refractivity contribution in [2.45, 2.75) is 171 Å². The average Bonchev–Trinajstić information content (AvgIpc) is 1.72. The van der Waals surface area contributed by atoms with Crippen molar-refractivity contribution in [2.24, 2.45) is 0 Å². The number of rotatable bonds is 25. The molecule has 0 spiro atoms. The van der Waals surface area contributed by atoms with Gasteiger partial charge >= 0.3 is 40.5 Å². The predicted octanol–water partition coefficient (Wildman–Crippen LogP) is 4.60. The first kappa shape index (κ1) is 78.0. The van der Waals surface area contributed by atoms with E-state index in [9.17, 15) is 87.8 Å². The lowest BCUT2D eigenvalue weighted by Crippen LogP contribution is -2.45.